The van der Waals surface area contributed by atoms with E-state index < -0.39 is 12.0 Å². The molecule has 2 heterocycles. The highest BCUT2D eigenvalue weighted by Gasteiger charge is 2.52. The Labute approximate surface area is 73.2 Å². The van der Waals surface area contributed by atoms with Gasteiger partial charge in [0.1, 0.15) is 11.4 Å². The molecular formula is C7H7NO3S. The molecule has 2 fully saturated rings. The summed E-state index contributed by atoms with van der Waals surface area (Å²) in [4.78, 5) is 23.1. The lowest BCUT2D eigenvalue weighted by atomic mass is 10.1. The van der Waals surface area contributed by atoms with Crippen molar-refractivity contribution in [3.63, 3.8) is 0 Å². The van der Waals surface area contributed by atoms with E-state index in [1.165, 1.54) is 16.7 Å². The van der Waals surface area contributed by atoms with Crippen molar-refractivity contribution in [1.82, 2.24) is 4.90 Å². The van der Waals surface area contributed by atoms with Crippen LogP contribution in [-0.2, 0) is 9.59 Å². The van der Waals surface area contributed by atoms with Gasteiger partial charge in [-0.25, -0.2) is 4.79 Å². The highest BCUT2D eigenvalue weighted by molar-refractivity contribution is 8.00. The fourth-order valence-corrected chi connectivity index (χ4v) is 2.79. The Morgan fingerprint density at radius 3 is 3.00 bits per heavy atom. The number of thioether (sulfide) groups is 1. The molecular weight excluding hydrogens is 178 g/mol. The number of hydrogen-bond acceptors (Lipinski definition) is 3. The van der Waals surface area contributed by atoms with Crippen LogP contribution in [0.1, 0.15) is 0 Å². The number of aliphatic carboxylic acids is 1. The molecule has 2 atom stereocenters. The van der Waals surface area contributed by atoms with Gasteiger partial charge in [-0.2, -0.15) is 0 Å². The zero-order chi connectivity index (χ0) is 8.88. The van der Waals surface area contributed by atoms with Crippen molar-refractivity contribution in [1.29, 1.82) is 0 Å². The summed E-state index contributed by atoms with van der Waals surface area (Å²) in [5, 5.41) is 8.63. The van der Waals surface area contributed by atoms with Gasteiger partial charge in [-0.1, -0.05) is 6.58 Å². The van der Waals surface area contributed by atoms with Gasteiger partial charge in [0.25, 0.3) is 5.91 Å². The molecule has 1 N–H and O–H groups in total. The van der Waals surface area contributed by atoms with Crippen molar-refractivity contribution in [2.75, 3.05) is 5.75 Å². The van der Waals surface area contributed by atoms with Crippen molar-refractivity contribution in [2.24, 2.45) is 0 Å². The Balaban J connectivity index is 2.21. The lowest BCUT2D eigenvalue weighted by Gasteiger charge is -2.37. The van der Waals surface area contributed by atoms with Gasteiger partial charge < -0.3 is 10.0 Å². The number of carboxylic acid groups (broad SMARTS) is 1. The molecule has 2 aliphatic rings. The maximum atomic E-state index is 11.1. The summed E-state index contributed by atoms with van der Waals surface area (Å²) in [6.45, 7) is 3.57. The number of nitrogens with zero attached hydrogens (tertiary/aromatic N) is 1. The fraction of sp³-hybridized carbons (Fsp3) is 0.429. The third-order valence-corrected chi connectivity index (χ3v) is 3.43. The summed E-state index contributed by atoms with van der Waals surface area (Å²) in [6, 6.07) is -0.641. The van der Waals surface area contributed by atoms with E-state index in [0.29, 0.717) is 11.3 Å². The maximum Gasteiger partial charge on any atom is 0.327 e. The average molecular weight is 185 g/mol. The van der Waals surface area contributed by atoms with Crippen molar-refractivity contribution < 1.29 is 14.7 Å². The van der Waals surface area contributed by atoms with Gasteiger partial charge in [0.15, 0.2) is 0 Å². The van der Waals surface area contributed by atoms with E-state index in [0.717, 1.165) is 0 Å². The molecule has 0 spiro atoms. The second-order valence-corrected chi connectivity index (χ2v) is 3.89. The first kappa shape index (κ1) is 7.67. The Hall–Kier alpha value is -0.970. The van der Waals surface area contributed by atoms with Gasteiger partial charge in [-0.3, -0.25) is 4.79 Å². The van der Waals surface area contributed by atoms with Crippen LogP contribution in [0, 0.1) is 0 Å². The molecule has 0 aromatic heterocycles. The minimum absolute atomic E-state index is 0.0707. The highest BCUT2D eigenvalue weighted by Crippen LogP contribution is 2.42. The van der Waals surface area contributed by atoms with Crippen LogP contribution < -0.4 is 0 Å². The molecule has 12 heavy (non-hydrogen) atoms. The fourth-order valence-electron chi connectivity index (χ4n) is 1.42. The monoisotopic (exact) mass is 185 g/mol. The van der Waals surface area contributed by atoms with Gasteiger partial charge >= 0.3 is 5.97 Å². The lowest BCUT2D eigenvalue weighted by molar-refractivity contribution is -0.150. The minimum Gasteiger partial charge on any atom is -0.480 e. The highest BCUT2D eigenvalue weighted by atomic mass is 32.2. The van der Waals surface area contributed by atoms with Crippen LogP contribution in [0.3, 0.4) is 0 Å². The zero-order valence-electron chi connectivity index (χ0n) is 6.19. The Bertz CT molecular complexity index is 288. The first-order valence-corrected chi connectivity index (χ1v) is 4.53. The lowest BCUT2D eigenvalue weighted by Crippen LogP contribution is -2.55. The van der Waals surface area contributed by atoms with Gasteiger partial charge in [0, 0.05) is 11.3 Å². The standard InChI is InChI=1S/C7H7NO3S/c1-3-5(9)8-4(7(10)11)2-12-6(3)8/h4,6H,1-2H2,(H,10,11)/t4?,6-/m0/s1. The number of carboxylic acids is 1. The summed E-state index contributed by atoms with van der Waals surface area (Å²) in [6.07, 6.45) is 0. The smallest absolute Gasteiger partial charge is 0.327 e. The SMILES string of the molecule is C=C1C(=O)N2C(C(=O)O)CS[C@@H]12. The molecule has 0 aromatic rings. The largest absolute Gasteiger partial charge is 0.480 e. The number of β-lactam (4-membered cyclic amide) rings is 1. The molecule has 0 aliphatic carbocycles. The van der Waals surface area contributed by atoms with E-state index in [1.54, 1.807) is 0 Å². The Kier molecular flexibility index (Phi) is 1.44. The minimum atomic E-state index is -0.925. The van der Waals surface area contributed by atoms with Gasteiger partial charge in [0.05, 0.1) is 0 Å². The van der Waals surface area contributed by atoms with Crippen LogP contribution in [0.15, 0.2) is 12.2 Å². The molecule has 5 heteroatoms. The number of rotatable bonds is 1. The third kappa shape index (κ3) is 0.741. The van der Waals surface area contributed by atoms with E-state index in [2.05, 4.69) is 6.58 Å². The molecule has 2 aliphatic heterocycles. The second-order valence-electron chi connectivity index (χ2n) is 2.78. The summed E-state index contributed by atoms with van der Waals surface area (Å²) >= 11 is 1.47. The topological polar surface area (TPSA) is 57.6 Å². The molecule has 1 unspecified atom stereocenters. The molecule has 0 bridgehead atoms. The van der Waals surface area contributed by atoms with Crippen LogP contribution in [0.4, 0.5) is 0 Å². The Morgan fingerprint density at radius 2 is 2.42 bits per heavy atom. The zero-order valence-corrected chi connectivity index (χ0v) is 7.00. The predicted octanol–water partition coefficient (Wildman–Crippen LogP) is -0.0891. The molecule has 2 saturated heterocycles. The van der Waals surface area contributed by atoms with E-state index in [-0.39, 0.29) is 11.3 Å². The maximum absolute atomic E-state index is 11.1. The summed E-state index contributed by atoms with van der Waals surface area (Å²) in [7, 11) is 0. The normalized spacial score (nSPS) is 33.2. The van der Waals surface area contributed by atoms with Gasteiger partial charge in [-0.05, 0) is 0 Å². The van der Waals surface area contributed by atoms with Crippen molar-refractivity contribution in [2.45, 2.75) is 11.4 Å². The van der Waals surface area contributed by atoms with E-state index in [1.807, 2.05) is 0 Å². The summed E-state index contributed by atoms with van der Waals surface area (Å²) < 4.78 is 0. The molecule has 1 amide bonds. The third-order valence-electron chi connectivity index (χ3n) is 2.09. The van der Waals surface area contributed by atoms with Crippen LogP contribution >= 0.6 is 11.8 Å². The molecule has 0 aromatic carbocycles. The van der Waals surface area contributed by atoms with E-state index in [9.17, 15) is 9.59 Å². The number of fused-ring (bicyclic) bond motifs is 1. The molecule has 2 rings (SSSR count). The van der Waals surface area contributed by atoms with Crippen LogP contribution in [-0.4, -0.2) is 39.1 Å². The van der Waals surface area contributed by atoms with Crippen LogP contribution in [0.5, 0.6) is 0 Å². The first-order valence-electron chi connectivity index (χ1n) is 3.49. The second kappa shape index (κ2) is 2.26. The molecule has 64 valence electrons. The van der Waals surface area contributed by atoms with Crippen LogP contribution in [0.2, 0.25) is 0 Å². The number of carbonyl (C=O) groups excluding carboxylic acids is 1. The number of carbonyl (C=O) groups is 2. The summed E-state index contributed by atoms with van der Waals surface area (Å²) in [5.74, 6) is -0.659. The van der Waals surface area contributed by atoms with E-state index in [4.69, 9.17) is 5.11 Å². The van der Waals surface area contributed by atoms with Gasteiger partial charge in [-0.15, -0.1) is 11.8 Å². The molecule has 0 saturated carbocycles. The van der Waals surface area contributed by atoms with Gasteiger partial charge in [0.2, 0.25) is 0 Å². The van der Waals surface area contributed by atoms with E-state index >= 15 is 0 Å². The molecule has 0 radical (unpaired) electrons. The quantitative estimate of drug-likeness (QED) is 0.458. The number of amides is 1. The molecule has 4 nitrogen and oxygen atoms in total. The number of hydrogen-bond donors (Lipinski definition) is 1. The summed E-state index contributed by atoms with van der Waals surface area (Å²) in [5.41, 5.74) is 0.531. The first-order chi connectivity index (χ1) is 5.63. The average Bonchev–Trinajstić information content (AvgIpc) is 2.43. The van der Waals surface area contributed by atoms with Crippen molar-refractivity contribution >= 4 is 23.6 Å². The van der Waals surface area contributed by atoms with Crippen molar-refractivity contribution in [3.8, 4) is 0 Å². The van der Waals surface area contributed by atoms with Crippen molar-refractivity contribution in [3.05, 3.63) is 12.2 Å². The van der Waals surface area contributed by atoms with Crippen LogP contribution in [0.25, 0.3) is 0 Å². The predicted molar refractivity (Wildman–Crippen MR) is 43.7 cm³/mol. The Morgan fingerprint density at radius 1 is 1.75 bits per heavy atom.